The van der Waals surface area contributed by atoms with E-state index >= 15 is 0 Å². The van der Waals surface area contributed by atoms with Gasteiger partial charge in [-0.3, -0.25) is 0 Å². The third-order valence-electron chi connectivity index (χ3n) is 4.12. The Hall–Kier alpha value is 0.800. The summed E-state index contributed by atoms with van der Waals surface area (Å²) < 4.78 is 1.32. The largest absolute Gasteiger partial charge is 0.383 e. The van der Waals surface area contributed by atoms with Crippen LogP contribution < -0.4 is 0 Å². The van der Waals surface area contributed by atoms with Gasteiger partial charge in [0.15, 0.2) is 0 Å². The molecule has 0 amide bonds. The standard InChI is InChI=1S/C15H16Br4O2/c1-2-9(14(20)10(16)5-3-6-11(14)17)15(21)12(18)7-4-8-13(15)19/h3-10,12,20-21H,2H2,1H3/t9?,10-,12+,14-,15-/m0/s1. The highest BCUT2D eigenvalue weighted by Gasteiger charge is 2.57. The first-order chi connectivity index (χ1) is 9.79. The van der Waals surface area contributed by atoms with Crippen LogP contribution in [0.4, 0.5) is 0 Å². The molecule has 21 heavy (non-hydrogen) atoms. The molecule has 0 radical (unpaired) electrons. The Kier molecular flexibility index (Phi) is 5.82. The molecule has 2 nitrogen and oxygen atoms in total. The van der Waals surface area contributed by atoms with Gasteiger partial charge < -0.3 is 10.2 Å². The van der Waals surface area contributed by atoms with Gasteiger partial charge in [-0.05, 0) is 18.6 Å². The third-order valence-corrected chi connectivity index (χ3v) is 7.93. The fourth-order valence-corrected chi connectivity index (χ4v) is 6.42. The van der Waals surface area contributed by atoms with Gasteiger partial charge in [-0.2, -0.15) is 0 Å². The summed E-state index contributed by atoms with van der Waals surface area (Å²) in [6.07, 6.45) is 11.8. The number of allylic oxidation sites excluding steroid dienone is 4. The molecular weight excluding hydrogens is 532 g/mol. The molecule has 2 N–H and O–H groups in total. The zero-order valence-corrected chi connectivity index (χ0v) is 17.7. The Morgan fingerprint density at radius 3 is 1.67 bits per heavy atom. The van der Waals surface area contributed by atoms with Gasteiger partial charge in [-0.25, -0.2) is 0 Å². The monoisotopic (exact) mass is 544 g/mol. The topological polar surface area (TPSA) is 40.5 Å². The zero-order valence-electron chi connectivity index (χ0n) is 11.3. The van der Waals surface area contributed by atoms with Gasteiger partial charge in [-0.15, -0.1) is 0 Å². The van der Waals surface area contributed by atoms with E-state index in [0.29, 0.717) is 15.4 Å². The number of hydrogen-bond donors (Lipinski definition) is 2. The lowest BCUT2D eigenvalue weighted by molar-refractivity contribution is -0.0738. The molecule has 0 spiro atoms. The predicted octanol–water partition coefficient (Wildman–Crippen LogP) is 4.70. The van der Waals surface area contributed by atoms with E-state index in [1.807, 2.05) is 43.4 Å². The molecule has 116 valence electrons. The minimum atomic E-state index is -1.23. The van der Waals surface area contributed by atoms with Crippen molar-refractivity contribution in [1.29, 1.82) is 0 Å². The SMILES string of the molecule is CCC([C@@]1(O)C(Br)=CC=C[C@H]1Br)[C@@]1(O)C(Br)=CC=C[C@@H]1Br. The van der Waals surface area contributed by atoms with Crippen LogP contribution in [0.25, 0.3) is 0 Å². The molecule has 1 unspecified atom stereocenters. The van der Waals surface area contributed by atoms with Crippen molar-refractivity contribution in [1.82, 2.24) is 0 Å². The smallest absolute Gasteiger partial charge is 0.118 e. The second-order valence-electron chi connectivity index (χ2n) is 5.21. The highest BCUT2D eigenvalue weighted by atomic mass is 79.9. The lowest BCUT2D eigenvalue weighted by atomic mass is 9.68. The van der Waals surface area contributed by atoms with Gasteiger partial charge in [0.05, 0.1) is 9.65 Å². The molecule has 5 atom stereocenters. The zero-order chi connectivity index (χ0) is 15.8. The first kappa shape index (κ1) is 18.1. The van der Waals surface area contributed by atoms with Crippen LogP contribution in [0, 0.1) is 5.92 Å². The Bertz CT molecular complexity index is 494. The predicted molar refractivity (Wildman–Crippen MR) is 101 cm³/mol. The normalized spacial score (nSPS) is 40.7. The second kappa shape index (κ2) is 6.73. The quantitative estimate of drug-likeness (QED) is 0.503. The molecule has 0 aliphatic heterocycles. The van der Waals surface area contributed by atoms with Gasteiger partial charge >= 0.3 is 0 Å². The maximum absolute atomic E-state index is 11.4. The summed E-state index contributed by atoms with van der Waals surface area (Å²) in [5, 5.41) is 22.7. The van der Waals surface area contributed by atoms with Gasteiger partial charge in [-0.1, -0.05) is 94.9 Å². The van der Waals surface area contributed by atoms with Crippen molar-refractivity contribution in [3.05, 3.63) is 45.4 Å². The van der Waals surface area contributed by atoms with Crippen molar-refractivity contribution in [2.45, 2.75) is 34.2 Å². The Morgan fingerprint density at radius 2 is 1.38 bits per heavy atom. The van der Waals surface area contributed by atoms with Crippen LogP contribution >= 0.6 is 63.7 Å². The Morgan fingerprint density at radius 1 is 1.00 bits per heavy atom. The van der Waals surface area contributed by atoms with Crippen LogP contribution in [-0.2, 0) is 0 Å². The highest BCUT2D eigenvalue weighted by molar-refractivity contribution is 9.12. The van der Waals surface area contributed by atoms with Crippen molar-refractivity contribution >= 4 is 63.7 Å². The molecule has 2 rings (SSSR count). The van der Waals surface area contributed by atoms with Crippen LogP contribution in [0.5, 0.6) is 0 Å². The lowest BCUT2D eigenvalue weighted by Gasteiger charge is -2.49. The fraction of sp³-hybridized carbons (Fsp3) is 0.467. The molecule has 0 heterocycles. The summed E-state index contributed by atoms with van der Waals surface area (Å²) in [4.78, 5) is -0.575. The van der Waals surface area contributed by atoms with E-state index in [-0.39, 0.29) is 9.65 Å². The molecular formula is C15H16Br4O2. The van der Waals surface area contributed by atoms with E-state index in [4.69, 9.17) is 0 Å². The maximum Gasteiger partial charge on any atom is 0.118 e. The average Bonchev–Trinajstić information content (AvgIpc) is 2.43. The van der Waals surface area contributed by atoms with E-state index in [2.05, 4.69) is 63.7 Å². The van der Waals surface area contributed by atoms with E-state index in [9.17, 15) is 10.2 Å². The Labute approximate surface area is 158 Å². The van der Waals surface area contributed by atoms with E-state index < -0.39 is 17.1 Å². The van der Waals surface area contributed by atoms with Crippen LogP contribution in [0.15, 0.2) is 45.4 Å². The molecule has 0 aromatic carbocycles. The van der Waals surface area contributed by atoms with Crippen molar-refractivity contribution in [3.63, 3.8) is 0 Å². The average molecular weight is 548 g/mol. The summed E-state index contributed by atoms with van der Waals surface area (Å²) in [6.45, 7) is 1.97. The van der Waals surface area contributed by atoms with E-state index in [0.717, 1.165) is 0 Å². The van der Waals surface area contributed by atoms with Gasteiger partial charge in [0.25, 0.3) is 0 Å². The van der Waals surface area contributed by atoms with Crippen molar-refractivity contribution in [2.24, 2.45) is 5.92 Å². The molecule has 0 fully saturated rings. The fourth-order valence-electron chi connectivity index (χ4n) is 2.97. The van der Waals surface area contributed by atoms with Crippen LogP contribution in [0.3, 0.4) is 0 Å². The summed E-state index contributed by atoms with van der Waals surface area (Å²) in [6, 6.07) is 0. The molecule has 2 aliphatic carbocycles. The second-order valence-corrected chi connectivity index (χ2v) is 8.90. The number of hydrogen-bond acceptors (Lipinski definition) is 2. The molecule has 0 saturated carbocycles. The Balaban J connectivity index is 2.54. The van der Waals surface area contributed by atoms with Crippen LogP contribution in [-0.4, -0.2) is 31.1 Å². The van der Waals surface area contributed by atoms with Crippen molar-refractivity contribution in [2.75, 3.05) is 0 Å². The molecule has 0 saturated heterocycles. The van der Waals surface area contributed by atoms with E-state index in [1.165, 1.54) is 0 Å². The maximum atomic E-state index is 11.4. The summed E-state index contributed by atoms with van der Waals surface area (Å²) in [5.41, 5.74) is -2.47. The number of rotatable bonds is 3. The first-order valence-electron chi connectivity index (χ1n) is 6.61. The van der Waals surface area contributed by atoms with Gasteiger partial charge in [0.1, 0.15) is 11.2 Å². The van der Waals surface area contributed by atoms with Crippen molar-refractivity contribution < 1.29 is 10.2 Å². The number of aliphatic hydroxyl groups is 2. The molecule has 0 aromatic heterocycles. The minimum absolute atomic E-state index is 0.288. The van der Waals surface area contributed by atoms with Crippen molar-refractivity contribution in [3.8, 4) is 0 Å². The summed E-state index contributed by atoms with van der Waals surface area (Å²) in [7, 11) is 0. The number of halogens is 4. The lowest BCUT2D eigenvalue weighted by Crippen LogP contribution is -2.60. The summed E-state index contributed by atoms with van der Waals surface area (Å²) in [5.74, 6) is -0.426. The van der Waals surface area contributed by atoms with E-state index in [1.54, 1.807) is 0 Å². The first-order valence-corrected chi connectivity index (χ1v) is 10.0. The van der Waals surface area contributed by atoms with Crippen LogP contribution in [0.1, 0.15) is 13.3 Å². The van der Waals surface area contributed by atoms with Gasteiger partial charge in [0.2, 0.25) is 0 Å². The molecule has 2 aliphatic rings. The molecule has 0 bridgehead atoms. The third kappa shape index (κ3) is 2.85. The number of alkyl halides is 2. The minimum Gasteiger partial charge on any atom is -0.383 e. The highest BCUT2D eigenvalue weighted by Crippen LogP contribution is 2.51. The van der Waals surface area contributed by atoms with Crippen LogP contribution in [0.2, 0.25) is 0 Å². The molecule has 0 aromatic rings. The van der Waals surface area contributed by atoms with Gasteiger partial charge in [0, 0.05) is 14.9 Å². The molecule has 6 heteroatoms. The summed E-state index contributed by atoms with van der Waals surface area (Å²) >= 11 is 14.0.